The first kappa shape index (κ1) is 69.7. The van der Waals surface area contributed by atoms with Crippen molar-refractivity contribution in [1.29, 1.82) is 0 Å². The Morgan fingerprint density at radius 3 is 1.03 bits per heavy atom. The Kier molecular flexibility index (Phi) is 62.7. The van der Waals surface area contributed by atoms with E-state index in [4.69, 9.17) is 0 Å². The van der Waals surface area contributed by atoms with Gasteiger partial charge in [0.15, 0.2) is 0 Å². The first-order valence-corrected chi connectivity index (χ1v) is 23.3. The van der Waals surface area contributed by atoms with Gasteiger partial charge in [0, 0.05) is 0 Å². The predicted octanol–water partition coefficient (Wildman–Crippen LogP) is 21.7. The van der Waals surface area contributed by atoms with E-state index in [-0.39, 0.29) is 7.43 Å². The SMILES string of the molecule is C.CC.CC(C)(C)C.CC(C)C.CCC.CCC(C)C.CCC(C)C.CCCC.CCCCC.Cc1ccc(-c2cccc3ccccc23)cc1.Cc1ccccc1. The molecule has 4 aromatic rings. The fourth-order valence-corrected chi connectivity index (χ4v) is 3.10. The second-order valence-corrected chi connectivity index (χ2v) is 17.4. The summed E-state index contributed by atoms with van der Waals surface area (Å²) in [6.07, 6.45) is 10.6. The van der Waals surface area contributed by atoms with Crippen molar-refractivity contribution in [2.75, 3.05) is 0 Å². The zero-order valence-corrected chi connectivity index (χ0v) is 43.1. The van der Waals surface area contributed by atoms with Crippen LogP contribution in [0.15, 0.2) is 97.1 Å². The van der Waals surface area contributed by atoms with Crippen LogP contribution in [0.5, 0.6) is 0 Å². The number of rotatable bonds is 6. The summed E-state index contributed by atoms with van der Waals surface area (Å²) in [5.74, 6) is 2.60. The van der Waals surface area contributed by atoms with Crippen LogP contribution in [0, 0.1) is 37.0 Å². The zero-order valence-electron chi connectivity index (χ0n) is 43.1. The average molecular weight is 806 g/mol. The van der Waals surface area contributed by atoms with Crippen LogP contribution in [0.4, 0.5) is 0 Å². The first-order valence-electron chi connectivity index (χ1n) is 23.3. The van der Waals surface area contributed by atoms with Gasteiger partial charge in [0.25, 0.3) is 0 Å². The van der Waals surface area contributed by atoms with Gasteiger partial charge in [-0.05, 0) is 58.9 Å². The third kappa shape index (κ3) is 65.0. The van der Waals surface area contributed by atoms with Crippen molar-refractivity contribution >= 4 is 10.8 Å². The van der Waals surface area contributed by atoms with Gasteiger partial charge in [0.05, 0.1) is 0 Å². The molecule has 0 aliphatic rings. The maximum atomic E-state index is 2.22. The minimum Gasteiger partial charge on any atom is -0.0776 e. The van der Waals surface area contributed by atoms with Crippen LogP contribution in [0.3, 0.4) is 0 Å². The van der Waals surface area contributed by atoms with Gasteiger partial charge < -0.3 is 0 Å². The maximum Gasteiger partial charge on any atom is -0.0105 e. The number of hydrogen-bond acceptors (Lipinski definition) is 0. The Bertz CT molecular complexity index is 1230. The highest BCUT2D eigenvalue weighted by Crippen LogP contribution is 2.28. The molecule has 0 nitrogen and oxygen atoms in total. The van der Waals surface area contributed by atoms with Gasteiger partial charge in [-0.15, -0.1) is 0 Å². The van der Waals surface area contributed by atoms with E-state index in [1.165, 1.54) is 84.4 Å². The van der Waals surface area contributed by atoms with Crippen LogP contribution in [0.2, 0.25) is 0 Å². The van der Waals surface area contributed by atoms with E-state index in [2.05, 4.69) is 224 Å². The van der Waals surface area contributed by atoms with Crippen molar-refractivity contribution in [2.24, 2.45) is 23.2 Å². The lowest BCUT2D eigenvalue weighted by atomic mass is 9.98. The predicted molar refractivity (Wildman–Crippen MR) is 281 cm³/mol. The minimum absolute atomic E-state index is 0. The molecule has 0 saturated heterocycles. The molecule has 4 rings (SSSR count). The van der Waals surface area contributed by atoms with E-state index in [1.54, 1.807) is 0 Å². The van der Waals surface area contributed by atoms with Crippen LogP contribution in [-0.4, -0.2) is 0 Å². The summed E-state index contributed by atoms with van der Waals surface area (Å²) in [4.78, 5) is 0. The minimum atomic E-state index is 0. The summed E-state index contributed by atoms with van der Waals surface area (Å²) in [5.41, 5.74) is 5.71. The molecule has 340 valence electrons. The van der Waals surface area contributed by atoms with Crippen molar-refractivity contribution in [1.82, 2.24) is 0 Å². The third-order valence-corrected chi connectivity index (χ3v) is 6.93. The summed E-state index contributed by atoms with van der Waals surface area (Å²) < 4.78 is 0. The second kappa shape index (κ2) is 52.2. The highest BCUT2D eigenvalue weighted by Gasteiger charge is 2.02. The fourth-order valence-electron chi connectivity index (χ4n) is 3.10. The first-order chi connectivity index (χ1) is 26.8. The van der Waals surface area contributed by atoms with Gasteiger partial charge in [-0.25, -0.2) is 0 Å². The van der Waals surface area contributed by atoms with Gasteiger partial charge >= 0.3 is 0 Å². The summed E-state index contributed by atoms with van der Waals surface area (Å²) in [7, 11) is 0. The molecule has 0 heteroatoms. The second-order valence-electron chi connectivity index (χ2n) is 17.4. The number of fused-ring (bicyclic) bond motifs is 1. The highest BCUT2D eigenvalue weighted by atomic mass is 14.1. The smallest absolute Gasteiger partial charge is 0.0105 e. The van der Waals surface area contributed by atoms with Gasteiger partial charge in [0.1, 0.15) is 0 Å². The molecular weight excluding hydrogens is 697 g/mol. The molecule has 0 fully saturated rings. The van der Waals surface area contributed by atoms with E-state index < -0.39 is 0 Å². The molecule has 0 heterocycles. The molecule has 0 atom stereocenters. The van der Waals surface area contributed by atoms with Gasteiger partial charge in [0.2, 0.25) is 0 Å². The van der Waals surface area contributed by atoms with Crippen LogP contribution < -0.4 is 0 Å². The average Bonchev–Trinajstić information content (AvgIpc) is 3.17. The molecular formula is C58H108. The van der Waals surface area contributed by atoms with Crippen LogP contribution in [-0.2, 0) is 0 Å². The molecule has 0 N–H and O–H groups in total. The van der Waals surface area contributed by atoms with E-state index in [1.807, 2.05) is 32.0 Å². The topological polar surface area (TPSA) is 0 Å². The number of hydrogen-bond donors (Lipinski definition) is 0. The van der Waals surface area contributed by atoms with Crippen molar-refractivity contribution in [3.63, 3.8) is 0 Å². The lowest BCUT2D eigenvalue weighted by Gasteiger charge is -2.07. The number of aryl methyl sites for hydroxylation is 2. The third-order valence-electron chi connectivity index (χ3n) is 6.93. The van der Waals surface area contributed by atoms with Crippen molar-refractivity contribution in [3.05, 3.63) is 108 Å². The summed E-state index contributed by atoms with van der Waals surface area (Å²) in [5, 5.41) is 2.62. The summed E-state index contributed by atoms with van der Waals surface area (Å²) >= 11 is 0. The monoisotopic (exact) mass is 805 g/mol. The van der Waals surface area contributed by atoms with E-state index in [9.17, 15) is 0 Å². The van der Waals surface area contributed by atoms with Crippen LogP contribution in [0.1, 0.15) is 215 Å². The molecule has 4 aromatic carbocycles. The quantitative estimate of drug-likeness (QED) is 0.182. The molecule has 0 aliphatic heterocycles. The molecule has 0 radical (unpaired) electrons. The van der Waals surface area contributed by atoms with Crippen LogP contribution in [0.25, 0.3) is 21.9 Å². The molecule has 0 bridgehead atoms. The standard InChI is InChI=1S/C17H14.C7H8.4C5H12.2C4H10.C3H8.C2H6.CH4/c1-13-9-11-15(12-10-13)17-8-4-6-14-5-2-3-7-16(14)17;1-7-5-3-2-4-6-7;1-5(2,3)4;2*1-4-5(2)3;1-3-5-4-2;1-4(2)3;1-3-4-2;1-3-2;1-2;/h2-12H,1H3;2-6H,1H3;1-4H3;2*5H,4H2,1-3H3;3-5H2,1-2H3;4H,1-3H3;3-4H2,1-2H3;3H2,1-2H3;1-2H3;1H4. The number of unbranched alkanes of at least 4 members (excludes halogenated alkanes) is 3. The van der Waals surface area contributed by atoms with E-state index >= 15 is 0 Å². The van der Waals surface area contributed by atoms with E-state index in [0.717, 1.165) is 17.8 Å². The Labute approximate surface area is 369 Å². The highest BCUT2D eigenvalue weighted by molar-refractivity contribution is 5.96. The molecule has 0 aliphatic carbocycles. The normalized spacial score (nSPS) is 9.14. The molecule has 0 saturated carbocycles. The van der Waals surface area contributed by atoms with E-state index in [0.29, 0.717) is 5.41 Å². The Morgan fingerprint density at radius 2 is 0.759 bits per heavy atom. The van der Waals surface area contributed by atoms with Crippen molar-refractivity contribution in [3.8, 4) is 11.1 Å². The summed E-state index contributed by atoms with van der Waals surface area (Å²) in [6.45, 7) is 49.8. The molecule has 0 amide bonds. The Morgan fingerprint density at radius 1 is 0.448 bits per heavy atom. The Hall–Kier alpha value is -2.86. The Balaban J connectivity index is -0.000000109. The van der Waals surface area contributed by atoms with Gasteiger partial charge in [-0.3, -0.25) is 0 Å². The van der Waals surface area contributed by atoms with Crippen LogP contribution >= 0.6 is 0 Å². The zero-order chi connectivity index (χ0) is 45.7. The fraction of sp³-hybridized carbons (Fsp3) is 0.621. The lowest BCUT2D eigenvalue weighted by Crippen LogP contribution is -1.93. The number of benzene rings is 4. The molecule has 0 spiro atoms. The summed E-state index contributed by atoms with van der Waals surface area (Å²) in [6, 6.07) is 34.0. The van der Waals surface area contributed by atoms with Gasteiger partial charge in [-0.1, -0.05) is 312 Å². The van der Waals surface area contributed by atoms with Gasteiger partial charge in [-0.2, -0.15) is 0 Å². The van der Waals surface area contributed by atoms with Crippen molar-refractivity contribution in [2.45, 2.75) is 218 Å². The van der Waals surface area contributed by atoms with Crippen molar-refractivity contribution < 1.29 is 0 Å². The largest absolute Gasteiger partial charge is 0.0776 e. The maximum absolute atomic E-state index is 2.22. The molecule has 0 unspecified atom stereocenters. The molecule has 0 aromatic heterocycles. The molecule has 58 heavy (non-hydrogen) atoms. The lowest BCUT2D eigenvalue weighted by molar-refractivity contribution is 0.469.